The van der Waals surface area contributed by atoms with Crippen LogP contribution in [0.15, 0.2) is 128 Å². The van der Waals surface area contributed by atoms with Crippen molar-refractivity contribution < 1.29 is 25.8 Å². The number of ether oxygens (including phenoxy) is 1. The minimum atomic E-state index is 0. The standard InChI is InChI=1S/C44H36N4O.Pt/c1-4-5-13-32-24-25-45-43(26-32)47-41-23-20-35(33-14-8-6-9-15-33)27-40(41)39-22-21-38(29-42(39)47)49-37-19-12-18-36(28-37)48-31(3)44(30(2)46-48)34-16-10-7-11-17-34;/h6-12,14-27H,4-5,13H2,1-3H3;/q-2;+2. The molecule has 0 spiro atoms. The summed E-state index contributed by atoms with van der Waals surface area (Å²) in [5.74, 6) is 2.08. The molecular weight excluding hydrogens is 796 g/mol. The number of rotatable bonds is 9. The largest absolute Gasteiger partial charge is 2.00 e. The molecule has 0 N–H and O–H groups in total. The summed E-state index contributed by atoms with van der Waals surface area (Å²) >= 11 is 0. The van der Waals surface area contributed by atoms with Crippen molar-refractivity contribution in [1.82, 2.24) is 19.3 Å². The van der Waals surface area contributed by atoms with Gasteiger partial charge >= 0.3 is 21.1 Å². The second-order valence-corrected chi connectivity index (χ2v) is 12.5. The fourth-order valence-electron chi connectivity index (χ4n) is 6.79. The molecule has 0 aliphatic carbocycles. The van der Waals surface area contributed by atoms with E-state index in [1.807, 2.05) is 54.2 Å². The molecule has 5 aromatic carbocycles. The number of unbranched alkanes of at least 4 members (excludes halogenated alkanes) is 1. The summed E-state index contributed by atoms with van der Waals surface area (Å²) in [6.45, 7) is 6.37. The summed E-state index contributed by atoms with van der Waals surface area (Å²) in [6.07, 6.45) is 5.23. The molecule has 0 saturated carbocycles. The van der Waals surface area contributed by atoms with E-state index in [1.165, 1.54) is 16.7 Å². The van der Waals surface area contributed by atoms with Crippen molar-refractivity contribution in [2.75, 3.05) is 0 Å². The maximum Gasteiger partial charge on any atom is 2.00 e. The van der Waals surface area contributed by atoms with Crippen molar-refractivity contribution in [2.45, 2.75) is 40.0 Å². The summed E-state index contributed by atoms with van der Waals surface area (Å²) in [4.78, 5) is 4.86. The number of hydrogen-bond donors (Lipinski definition) is 0. The Bertz CT molecular complexity index is 2430. The van der Waals surface area contributed by atoms with Gasteiger partial charge in [-0.25, -0.2) is 4.98 Å². The average molecular weight is 832 g/mol. The van der Waals surface area contributed by atoms with Crippen LogP contribution >= 0.6 is 0 Å². The van der Waals surface area contributed by atoms with Gasteiger partial charge in [-0.1, -0.05) is 91.7 Å². The molecule has 0 aliphatic heterocycles. The number of aryl methyl sites for hydroxylation is 2. The Morgan fingerprint density at radius 3 is 2.24 bits per heavy atom. The number of pyridine rings is 1. The van der Waals surface area contributed by atoms with Gasteiger partial charge in [0.05, 0.1) is 5.69 Å². The number of aromatic nitrogens is 4. The topological polar surface area (TPSA) is 44.9 Å². The van der Waals surface area contributed by atoms with Crippen LogP contribution in [0, 0.1) is 26.0 Å². The first-order valence-corrected chi connectivity index (χ1v) is 16.9. The zero-order chi connectivity index (χ0) is 33.3. The fourth-order valence-corrected chi connectivity index (χ4v) is 6.79. The third-order valence-corrected chi connectivity index (χ3v) is 9.17. The Morgan fingerprint density at radius 1 is 0.700 bits per heavy atom. The monoisotopic (exact) mass is 831 g/mol. The Labute approximate surface area is 307 Å². The Balaban J connectivity index is 0.00000392. The normalized spacial score (nSPS) is 11.2. The molecule has 6 heteroatoms. The molecule has 248 valence electrons. The van der Waals surface area contributed by atoms with Crippen LogP contribution in [-0.2, 0) is 27.5 Å². The number of fused-ring (bicyclic) bond motifs is 3. The molecule has 0 unspecified atom stereocenters. The number of benzene rings is 5. The van der Waals surface area contributed by atoms with Crippen LogP contribution in [-0.4, -0.2) is 19.3 Å². The van der Waals surface area contributed by atoms with Gasteiger partial charge in [0.2, 0.25) is 0 Å². The quantitative estimate of drug-likeness (QED) is 0.136. The van der Waals surface area contributed by atoms with Crippen molar-refractivity contribution in [3.63, 3.8) is 0 Å². The van der Waals surface area contributed by atoms with E-state index in [1.54, 1.807) is 0 Å². The minimum Gasteiger partial charge on any atom is -0.509 e. The van der Waals surface area contributed by atoms with Crippen LogP contribution in [0.4, 0.5) is 0 Å². The fraction of sp³-hybridized carbons (Fsp3) is 0.136. The molecular formula is C44H36N4OPt. The summed E-state index contributed by atoms with van der Waals surface area (Å²) in [7, 11) is 0. The molecule has 0 fully saturated rings. The van der Waals surface area contributed by atoms with Gasteiger partial charge in [0, 0.05) is 34.5 Å². The van der Waals surface area contributed by atoms with Crippen LogP contribution in [0.2, 0.25) is 0 Å². The van der Waals surface area contributed by atoms with Gasteiger partial charge in [0.15, 0.2) is 0 Å². The van der Waals surface area contributed by atoms with E-state index in [-0.39, 0.29) is 21.1 Å². The molecule has 8 rings (SSSR count). The molecule has 8 aromatic rings. The molecule has 5 nitrogen and oxygen atoms in total. The third-order valence-electron chi connectivity index (χ3n) is 9.17. The van der Waals surface area contributed by atoms with Gasteiger partial charge in [-0.3, -0.25) is 4.68 Å². The first-order valence-electron chi connectivity index (χ1n) is 16.9. The van der Waals surface area contributed by atoms with Crippen LogP contribution in [0.5, 0.6) is 11.5 Å². The van der Waals surface area contributed by atoms with Crippen molar-refractivity contribution in [3.8, 4) is 45.3 Å². The summed E-state index contributed by atoms with van der Waals surface area (Å²) in [6, 6.07) is 49.0. The molecule has 0 saturated heterocycles. The zero-order valence-corrected chi connectivity index (χ0v) is 30.5. The summed E-state index contributed by atoms with van der Waals surface area (Å²) < 4.78 is 10.6. The van der Waals surface area contributed by atoms with Gasteiger partial charge < -0.3 is 9.30 Å². The predicted octanol–water partition coefficient (Wildman–Crippen LogP) is 11.0. The number of hydrogen-bond acceptors (Lipinski definition) is 3. The van der Waals surface area contributed by atoms with E-state index in [2.05, 4.69) is 115 Å². The molecule has 0 radical (unpaired) electrons. The van der Waals surface area contributed by atoms with E-state index in [9.17, 15) is 0 Å². The van der Waals surface area contributed by atoms with Crippen LogP contribution in [0.3, 0.4) is 0 Å². The first kappa shape index (κ1) is 33.3. The SMILES string of the molecule is CCCCc1ccnc(-n2c3[c-]c(Oc4[c-]c(-n5nc(C)c(-c6ccccc6)c5C)ccc4)ccc3c3cc(-c4ccccc4)ccc32)c1.[Pt+2]. The van der Waals surface area contributed by atoms with Crippen LogP contribution < -0.4 is 4.74 Å². The van der Waals surface area contributed by atoms with E-state index >= 15 is 0 Å². The van der Waals surface area contributed by atoms with E-state index in [4.69, 9.17) is 14.8 Å². The van der Waals surface area contributed by atoms with Crippen molar-refractivity contribution >= 4 is 21.8 Å². The van der Waals surface area contributed by atoms with Crippen molar-refractivity contribution in [3.05, 3.63) is 157 Å². The minimum absolute atomic E-state index is 0. The predicted molar refractivity (Wildman–Crippen MR) is 199 cm³/mol. The van der Waals surface area contributed by atoms with E-state index < -0.39 is 0 Å². The van der Waals surface area contributed by atoms with Gasteiger partial charge in [-0.05, 0) is 78.2 Å². The molecule has 0 atom stereocenters. The molecule has 0 amide bonds. The Kier molecular flexibility index (Phi) is 9.52. The van der Waals surface area contributed by atoms with Gasteiger partial charge in [0.1, 0.15) is 5.82 Å². The van der Waals surface area contributed by atoms with Crippen LogP contribution in [0.1, 0.15) is 36.7 Å². The van der Waals surface area contributed by atoms with E-state index in [0.717, 1.165) is 75.1 Å². The van der Waals surface area contributed by atoms with Crippen molar-refractivity contribution in [1.29, 1.82) is 0 Å². The first-order chi connectivity index (χ1) is 24.1. The Hall–Kier alpha value is -5.25. The molecule has 0 bridgehead atoms. The van der Waals surface area contributed by atoms with E-state index in [0.29, 0.717) is 11.5 Å². The summed E-state index contributed by atoms with van der Waals surface area (Å²) in [5, 5.41) is 7.12. The average Bonchev–Trinajstić information content (AvgIpc) is 3.63. The van der Waals surface area contributed by atoms with Gasteiger partial charge in [-0.15, -0.1) is 35.7 Å². The molecule has 3 aromatic heterocycles. The maximum absolute atomic E-state index is 6.48. The molecule has 3 heterocycles. The number of nitrogens with zero attached hydrogens (tertiary/aromatic N) is 4. The van der Waals surface area contributed by atoms with Gasteiger partial charge in [-0.2, -0.15) is 17.2 Å². The van der Waals surface area contributed by atoms with Crippen LogP contribution in [0.25, 0.3) is 55.6 Å². The summed E-state index contributed by atoms with van der Waals surface area (Å²) in [5.41, 5.74) is 10.8. The molecule has 0 aliphatic rings. The second-order valence-electron chi connectivity index (χ2n) is 12.5. The van der Waals surface area contributed by atoms with Gasteiger partial charge in [0.25, 0.3) is 0 Å². The second kappa shape index (κ2) is 14.3. The zero-order valence-electron chi connectivity index (χ0n) is 28.3. The third kappa shape index (κ3) is 6.30. The Morgan fingerprint density at radius 2 is 1.46 bits per heavy atom. The van der Waals surface area contributed by atoms with Crippen molar-refractivity contribution in [2.24, 2.45) is 0 Å². The smallest absolute Gasteiger partial charge is 0.509 e. The maximum atomic E-state index is 6.48. The molecule has 50 heavy (non-hydrogen) atoms.